The Hall–Kier alpha value is -1.48. The Labute approximate surface area is 126 Å². The number of halogens is 1. The molecule has 0 fully saturated rings. The molecule has 1 aromatic carbocycles. The summed E-state index contributed by atoms with van der Waals surface area (Å²) in [7, 11) is 0. The van der Waals surface area contributed by atoms with Crippen LogP contribution in [0.1, 0.15) is 38.3 Å². The van der Waals surface area contributed by atoms with Crippen molar-refractivity contribution in [3.05, 3.63) is 40.4 Å². The molecule has 4 heteroatoms. The number of benzene rings is 1. The highest BCUT2D eigenvalue weighted by Crippen LogP contribution is 2.18. The third-order valence-electron chi connectivity index (χ3n) is 2.43. The number of amides is 1. The lowest BCUT2D eigenvalue weighted by Crippen LogP contribution is -2.32. The predicted molar refractivity (Wildman–Crippen MR) is 84.1 cm³/mol. The number of carbonyl (C=O) groups is 1. The number of aryl methyl sites for hydroxylation is 1. The van der Waals surface area contributed by atoms with Gasteiger partial charge in [0.05, 0.1) is 0 Å². The van der Waals surface area contributed by atoms with Crippen molar-refractivity contribution in [3.8, 4) is 0 Å². The van der Waals surface area contributed by atoms with E-state index in [4.69, 9.17) is 16.3 Å². The second-order valence-corrected chi connectivity index (χ2v) is 6.05. The number of ether oxygens (including phenoxy) is 1. The lowest BCUT2D eigenvalue weighted by Gasteiger charge is -2.19. The van der Waals surface area contributed by atoms with Gasteiger partial charge in [-0.3, -0.25) is 0 Å². The van der Waals surface area contributed by atoms with Gasteiger partial charge in [-0.15, -0.1) is 0 Å². The van der Waals surface area contributed by atoms with Crippen LogP contribution < -0.4 is 5.32 Å². The predicted octanol–water partition coefficient (Wildman–Crippen LogP) is 4.58. The van der Waals surface area contributed by atoms with E-state index in [0.29, 0.717) is 6.54 Å². The van der Waals surface area contributed by atoms with Gasteiger partial charge >= 0.3 is 6.09 Å². The molecule has 0 aliphatic carbocycles. The number of hydrogen-bond donors (Lipinski definition) is 1. The van der Waals surface area contributed by atoms with Gasteiger partial charge in [0.2, 0.25) is 0 Å². The molecule has 0 aliphatic heterocycles. The summed E-state index contributed by atoms with van der Waals surface area (Å²) in [4.78, 5) is 11.4. The van der Waals surface area contributed by atoms with Crippen LogP contribution in [0.3, 0.4) is 0 Å². The van der Waals surface area contributed by atoms with Gasteiger partial charge in [0.15, 0.2) is 0 Å². The van der Waals surface area contributed by atoms with E-state index in [1.165, 1.54) is 0 Å². The van der Waals surface area contributed by atoms with Crippen molar-refractivity contribution in [1.29, 1.82) is 0 Å². The Morgan fingerprint density at radius 1 is 1.40 bits per heavy atom. The minimum absolute atomic E-state index is 0.390. The summed E-state index contributed by atoms with van der Waals surface area (Å²) >= 11 is 6.12. The summed E-state index contributed by atoms with van der Waals surface area (Å²) in [5, 5.41) is 3.44. The summed E-state index contributed by atoms with van der Waals surface area (Å²) in [5.74, 6) is 0. The maximum absolute atomic E-state index is 11.4. The largest absolute Gasteiger partial charge is 0.444 e. The van der Waals surface area contributed by atoms with E-state index in [1.54, 1.807) is 0 Å². The molecule has 0 aromatic heterocycles. The summed E-state index contributed by atoms with van der Waals surface area (Å²) < 4.78 is 5.14. The average molecular weight is 296 g/mol. The summed E-state index contributed by atoms with van der Waals surface area (Å²) in [5.41, 5.74) is 1.66. The van der Waals surface area contributed by atoms with Gasteiger partial charge in [-0.05, 0) is 51.3 Å². The van der Waals surface area contributed by atoms with E-state index in [1.807, 2.05) is 58.0 Å². The Kier molecular flexibility index (Phi) is 6.08. The Balaban J connectivity index is 2.34. The first-order valence-corrected chi connectivity index (χ1v) is 7.05. The van der Waals surface area contributed by atoms with Crippen molar-refractivity contribution in [2.45, 2.75) is 39.7 Å². The fraction of sp³-hybridized carbons (Fsp3) is 0.438. The van der Waals surface area contributed by atoms with Crippen molar-refractivity contribution < 1.29 is 9.53 Å². The van der Waals surface area contributed by atoms with E-state index in [2.05, 4.69) is 5.32 Å². The first kappa shape index (κ1) is 16.6. The molecule has 0 atom stereocenters. The third-order valence-corrected chi connectivity index (χ3v) is 2.76. The molecule has 0 aliphatic rings. The Bertz CT molecular complexity index is 490. The smallest absolute Gasteiger partial charge is 0.407 e. The molecule has 0 saturated carbocycles. The van der Waals surface area contributed by atoms with Crippen molar-refractivity contribution in [2.24, 2.45) is 0 Å². The van der Waals surface area contributed by atoms with Gasteiger partial charge < -0.3 is 10.1 Å². The van der Waals surface area contributed by atoms with Crippen molar-refractivity contribution >= 4 is 23.8 Å². The van der Waals surface area contributed by atoms with Crippen molar-refractivity contribution in [2.75, 3.05) is 6.54 Å². The van der Waals surface area contributed by atoms with Crippen LogP contribution in [-0.4, -0.2) is 18.2 Å². The van der Waals surface area contributed by atoms with Gasteiger partial charge in [0.25, 0.3) is 0 Å². The van der Waals surface area contributed by atoms with E-state index in [9.17, 15) is 4.79 Å². The van der Waals surface area contributed by atoms with Crippen LogP contribution in [0.2, 0.25) is 5.02 Å². The molecule has 20 heavy (non-hydrogen) atoms. The highest BCUT2D eigenvalue weighted by atomic mass is 35.5. The number of alkyl carbamates (subject to hydrolysis) is 1. The van der Waals surface area contributed by atoms with E-state index >= 15 is 0 Å². The second-order valence-electron chi connectivity index (χ2n) is 5.64. The first-order valence-electron chi connectivity index (χ1n) is 6.67. The molecule has 1 amide bonds. The molecule has 0 radical (unpaired) electrons. The van der Waals surface area contributed by atoms with Gasteiger partial charge in [-0.2, -0.15) is 0 Å². The molecular weight excluding hydrogens is 274 g/mol. The van der Waals surface area contributed by atoms with Crippen LogP contribution >= 0.6 is 11.6 Å². The normalized spacial score (nSPS) is 11.7. The van der Waals surface area contributed by atoms with Gasteiger partial charge in [0, 0.05) is 11.6 Å². The molecule has 1 rings (SSSR count). The molecule has 1 aromatic rings. The first-order chi connectivity index (χ1) is 9.28. The standard InChI is InChI=1S/C16H22ClNO2/c1-12-8-9-13(14(17)11-12)7-5-6-10-18-15(19)20-16(2,3)4/h5,7-9,11H,6,10H2,1-4H3,(H,18,19). The second kappa shape index (κ2) is 7.34. The highest BCUT2D eigenvalue weighted by molar-refractivity contribution is 6.32. The van der Waals surface area contributed by atoms with E-state index in [0.717, 1.165) is 22.6 Å². The Morgan fingerprint density at radius 3 is 2.70 bits per heavy atom. The van der Waals surface area contributed by atoms with Crippen molar-refractivity contribution in [1.82, 2.24) is 5.32 Å². The minimum Gasteiger partial charge on any atom is -0.444 e. The molecule has 0 bridgehead atoms. The fourth-order valence-electron chi connectivity index (χ4n) is 1.55. The monoisotopic (exact) mass is 295 g/mol. The number of hydrogen-bond acceptors (Lipinski definition) is 2. The van der Waals surface area contributed by atoms with E-state index in [-0.39, 0.29) is 6.09 Å². The SMILES string of the molecule is Cc1ccc(C=CCCNC(=O)OC(C)(C)C)c(Cl)c1. The van der Waals surface area contributed by atoms with Crippen molar-refractivity contribution in [3.63, 3.8) is 0 Å². The molecule has 0 heterocycles. The van der Waals surface area contributed by atoms with Gasteiger partial charge in [0.1, 0.15) is 5.60 Å². The number of nitrogens with one attached hydrogen (secondary N) is 1. The summed E-state index contributed by atoms with van der Waals surface area (Å²) in [6.07, 6.45) is 4.27. The minimum atomic E-state index is -0.463. The van der Waals surface area contributed by atoms with Gasteiger partial charge in [-0.1, -0.05) is 35.9 Å². The highest BCUT2D eigenvalue weighted by Gasteiger charge is 2.15. The zero-order valence-electron chi connectivity index (χ0n) is 12.5. The summed E-state index contributed by atoms with van der Waals surface area (Å²) in [6.45, 7) is 8.06. The van der Waals surface area contributed by atoms with Crippen LogP contribution in [0.4, 0.5) is 4.79 Å². The van der Waals surface area contributed by atoms with Crippen LogP contribution in [0.15, 0.2) is 24.3 Å². The Morgan fingerprint density at radius 2 is 2.10 bits per heavy atom. The van der Waals surface area contributed by atoms with Gasteiger partial charge in [-0.25, -0.2) is 4.79 Å². The van der Waals surface area contributed by atoms with Crippen LogP contribution in [0, 0.1) is 6.92 Å². The third kappa shape index (κ3) is 6.62. The van der Waals surface area contributed by atoms with Crippen LogP contribution in [0.5, 0.6) is 0 Å². The molecule has 1 N–H and O–H groups in total. The molecular formula is C16H22ClNO2. The van der Waals surface area contributed by atoms with Crippen LogP contribution in [0.25, 0.3) is 6.08 Å². The molecule has 3 nitrogen and oxygen atoms in total. The molecule has 110 valence electrons. The number of rotatable bonds is 4. The van der Waals surface area contributed by atoms with E-state index < -0.39 is 5.60 Å². The van der Waals surface area contributed by atoms with Crippen LogP contribution in [-0.2, 0) is 4.74 Å². The fourth-order valence-corrected chi connectivity index (χ4v) is 1.85. The molecule has 0 saturated heterocycles. The zero-order chi connectivity index (χ0) is 15.2. The lowest BCUT2D eigenvalue weighted by atomic mass is 10.1. The molecule has 0 spiro atoms. The summed E-state index contributed by atoms with van der Waals surface area (Å²) in [6, 6.07) is 5.93. The quantitative estimate of drug-likeness (QED) is 0.826. The topological polar surface area (TPSA) is 38.3 Å². The maximum Gasteiger partial charge on any atom is 0.407 e. The lowest BCUT2D eigenvalue weighted by molar-refractivity contribution is 0.0529. The average Bonchev–Trinajstić information content (AvgIpc) is 2.28. The molecule has 0 unspecified atom stereocenters. The number of carbonyl (C=O) groups excluding carboxylic acids is 1. The maximum atomic E-state index is 11.4. The zero-order valence-corrected chi connectivity index (χ0v) is 13.3.